The normalized spacial score (nSPS) is 15.5. The molecule has 6 heteroatoms. The van der Waals surface area contributed by atoms with Gasteiger partial charge in [0.2, 0.25) is 0 Å². The molecule has 6 nitrogen and oxygen atoms in total. The number of piperidine rings is 1. The number of aromatic nitrogens is 2. The Labute approximate surface area is 141 Å². The molecule has 1 aromatic carbocycles. The third kappa shape index (κ3) is 4.35. The van der Waals surface area contributed by atoms with E-state index < -0.39 is 0 Å². The second kappa shape index (κ2) is 7.97. The maximum atomic E-state index is 12.3. The zero-order valence-electron chi connectivity index (χ0n) is 13.9. The summed E-state index contributed by atoms with van der Waals surface area (Å²) in [6, 6.07) is 11.5. The Kier molecular flexibility index (Phi) is 5.48. The average Bonchev–Trinajstić information content (AvgIpc) is 3.06. The fraction of sp³-hybridized carbons (Fsp3) is 0.444. The molecule has 0 atom stereocenters. The van der Waals surface area contributed by atoms with Gasteiger partial charge in [-0.05, 0) is 38.0 Å². The first-order valence-electron chi connectivity index (χ1n) is 8.33. The highest BCUT2D eigenvalue weighted by Gasteiger charge is 2.25. The molecule has 0 saturated carbocycles. The van der Waals surface area contributed by atoms with E-state index in [0.29, 0.717) is 32.0 Å². The zero-order valence-corrected chi connectivity index (χ0v) is 13.9. The van der Waals surface area contributed by atoms with Gasteiger partial charge in [0.05, 0.1) is 12.7 Å². The Morgan fingerprint density at radius 3 is 2.67 bits per heavy atom. The van der Waals surface area contributed by atoms with Crippen molar-refractivity contribution in [3.63, 3.8) is 0 Å². The van der Waals surface area contributed by atoms with Gasteiger partial charge >= 0.3 is 0 Å². The third-order valence-electron chi connectivity index (χ3n) is 4.10. The van der Waals surface area contributed by atoms with Gasteiger partial charge in [-0.25, -0.2) is 0 Å². The number of hydrogen-bond donors (Lipinski definition) is 1. The number of aromatic amines is 1. The van der Waals surface area contributed by atoms with Gasteiger partial charge in [0.1, 0.15) is 18.1 Å². The number of carbonyl (C=O) groups excluding carboxylic acids is 1. The standard InChI is InChI=1S/C18H23N3O3/c1-14-13-17(20-19-14)18(22)21-9-7-16(8-10-21)24-12-11-23-15-5-3-2-4-6-15/h2-6,13,16H,7-12H2,1H3,(H,19,20). The average molecular weight is 329 g/mol. The van der Waals surface area contributed by atoms with E-state index in [1.54, 1.807) is 6.07 Å². The third-order valence-corrected chi connectivity index (χ3v) is 4.10. The summed E-state index contributed by atoms with van der Waals surface area (Å²) in [5.41, 5.74) is 1.39. The number of rotatable bonds is 6. The molecule has 3 rings (SSSR count). The lowest BCUT2D eigenvalue weighted by molar-refractivity contribution is -0.00249. The van der Waals surface area contributed by atoms with E-state index in [9.17, 15) is 4.79 Å². The van der Waals surface area contributed by atoms with Crippen molar-refractivity contribution in [1.29, 1.82) is 0 Å². The first-order valence-corrected chi connectivity index (χ1v) is 8.33. The van der Waals surface area contributed by atoms with E-state index in [1.165, 1.54) is 0 Å². The molecule has 1 saturated heterocycles. The van der Waals surface area contributed by atoms with Crippen molar-refractivity contribution in [2.75, 3.05) is 26.3 Å². The summed E-state index contributed by atoms with van der Waals surface area (Å²) in [7, 11) is 0. The maximum absolute atomic E-state index is 12.3. The molecule has 0 bridgehead atoms. The second-order valence-corrected chi connectivity index (χ2v) is 5.96. The topological polar surface area (TPSA) is 67.5 Å². The lowest BCUT2D eigenvalue weighted by Gasteiger charge is -2.31. The van der Waals surface area contributed by atoms with Gasteiger partial charge in [0.15, 0.2) is 0 Å². The molecular formula is C18H23N3O3. The zero-order chi connectivity index (χ0) is 16.8. The van der Waals surface area contributed by atoms with Crippen LogP contribution in [0.15, 0.2) is 36.4 Å². The summed E-state index contributed by atoms with van der Waals surface area (Å²) >= 11 is 0. The van der Waals surface area contributed by atoms with Crippen LogP contribution >= 0.6 is 0 Å². The van der Waals surface area contributed by atoms with Crippen molar-refractivity contribution in [2.24, 2.45) is 0 Å². The van der Waals surface area contributed by atoms with Gasteiger partial charge < -0.3 is 14.4 Å². The van der Waals surface area contributed by atoms with Crippen molar-refractivity contribution in [3.05, 3.63) is 47.8 Å². The van der Waals surface area contributed by atoms with Crippen LogP contribution in [0, 0.1) is 6.92 Å². The molecule has 0 unspecified atom stereocenters. The molecule has 1 N–H and O–H groups in total. The maximum Gasteiger partial charge on any atom is 0.274 e. The lowest BCUT2D eigenvalue weighted by Crippen LogP contribution is -2.41. The van der Waals surface area contributed by atoms with Crippen LogP contribution in [0.25, 0.3) is 0 Å². The largest absolute Gasteiger partial charge is 0.491 e. The minimum atomic E-state index is -0.00906. The van der Waals surface area contributed by atoms with Crippen LogP contribution in [0.1, 0.15) is 29.0 Å². The molecule has 1 aliphatic heterocycles. The summed E-state index contributed by atoms with van der Waals surface area (Å²) < 4.78 is 11.5. The number of H-pyrrole nitrogens is 1. The van der Waals surface area contributed by atoms with E-state index in [2.05, 4.69) is 10.2 Å². The summed E-state index contributed by atoms with van der Waals surface area (Å²) in [4.78, 5) is 14.2. The minimum absolute atomic E-state index is 0.00906. The Bertz CT molecular complexity index is 649. The predicted octanol–water partition coefficient (Wildman–Crippen LogP) is 2.42. The quantitative estimate of drug-likeness (QED) is 0.827. The first-order chi connectivity index (χ1) is 11.7. The molecule has 1 aliphatic rings. The Hall–Kier alpha value is -2.34. The van der Waals surface area contributed by atoms with Gasteiger partial charge in [-0.1, -0.05) is 18.2 Å². The monoisotopic (exact) mass is 329 g/mol. The van der Waals surface area contributed by atoms with Crippen LogP contribution in [0.3, 0.4) is 0 Å². The molecule has 0 radical (unpaired) electrons. The SMILES string of the molecule is Cc1cc(C(=O)N2CCC(OCCOc3ccccc3)CC2)n[nH]1. The Morgan fingerprint density at radius 1 is 1.25 bits per heavy atom. The van der Waals surface area contributed by atoms with E-state index >= 15 is 0 Å². The molecule has 2 aromatic rings. The molecule has 1 fully saturated rings. The van der Waals surface area contributed by atoms with Crippen LogP contribution in [-0.2, 0) is 4.74 Å². The van der Waals surface area contributed by atoms with Gasteiger partial charge in [0.25, 0.3) is 5.91 Å². The van der Waals surface area contributed by atoms with Gasteiger partial charge in [-0.2, -0.15) is 5.10 Å². The second-order valence-electron chi connectivity index (χ2n) is 5.96. The predicted molar refractivity (Wildman–Crippen MR) is 90.1 cm³/mol. The summed E-state index contributed by atoms with van der Waals surface area (Å²) in [5.74, 6) is 0.848. The smallest absolute Gasteiger partial charge is 0.274 e. The first kappa shape index (κ1) is 16.5. The molecule has 0 aliphatic carbocycles. The fourth-order valence-electron chi connectivity index (χ4n) is 2.81. The number of aryl methyl sites for hydroxylation is 1. The number of para-hydroxylation sites is 1. The van der Waals surface area contributed by atoms with Crippen LogP contribution in [0.5, 0.6) is 5.75 Å². The van der Waals surface area contributed by atoms with Gasteiger partial charge in [-0.15, -0.1) is 0 Å². The molecule has 1 amide bonds. The molecule has 128 valence electrons. The van der Waals surface area contributed by atoms with Crippen molar-refractivity contribution < 1.29 is 14.3 Å². The van der Waals surface area contributed by atoms with Gasteiger partial charge in [0, 0.05) is 18.8 Å². The molecule has 1 aromatic heterocycles. The van der Waals surface area contributed by atoms with Gasteiger partial charge in [-0.3, -0.25) is 9.89 Å². The van der Waals surface area contributed by atoms with E-state index in [-0.39, 0.29) is 12.0 Å². The molecular weight excluding hydrogens is 306 g/mol. The molecule has 2 heterocycles. The number of hydrogen-bond acceptors (Lipinski definition) is 4. The van der Waals surface area contributed by atoms with Crippen LogP contribution in [0.2, 0.25) is 0 Å². The lowest BCUT2D eigenvalue weighted by atomic mass is 10.1. The van der Waals surface area contributed by atoms with E-state index in [1.807, 2.05) is 42.2 Å². The van der Waals surface area contributed by atoms with E-state index in [4.69, 9.17) is 9.47 Å². The van der Waals surface area contributed by atoms with E-state index in [0.717, 1.165) is 24.3 Å². The molecule has 24 heavy (non-hydrogen) atoms. The highest BCUT2D eigenvalue weighted by Crippen LogP contribution is 2.16. The van der Waals surface area contributed by atoms with Crippen LogP contribution in [0.4, 0.5) is 0 Å². The summed E-state index contributed by atoms with van der Waals surface area (Å²) in [6.45, 7) is 4.40. The van der Waals surface area contributed by atoms with Crippen LogP contribution < -0.4 is 4.74 Å². The number of amides is 1. The summed E-state index contributed by atoms with van der Waals surface area (Å²) in [6.07, 6.45) is 1.88. The van der Waals surface area contributed by atoms with Crippen LogP contribution in [-0.4, -0.2) is 53.4 Å². The number of nitrogens with zero attached hydrogens (tertiary/aromatic N) is 2. The Morgan fingerprint density at radius 2 is 2.00 bits per heavy atom. The Balaban J connectivity index is 1.35. The number of likely N-dealkylation sites (tertiary alicyclic amines) is 1. The minimum Gasteiger partial charge on any atom is -0.491 e. The van der Waals surface area contributed by atoms with Crippen molar-refractivity contribution in [1.82, 2.24) is 15.1 Å². The van der Waals surface area contributed by atoms with Crippen molar-refractivity contribution >= 4 is 5.91 Å². The number of nitrogens with one attached hydrogen (secondary N) is 1. The molecule has 0 spiro atoms. The van der Waals surface area contributed by atoms with Crippen molar-refractivity contribution in [2.45, 2.75) is 25.9 Å². The number of ether oxygens (including phenoxy) is 2. The number of benzene rings is 1. The highest BCUT2D eigenvalue weighted by molar-refractivity contribution is 5.92. The number of carbonyl (C=O) groups is 1. The summed E-state index contributed by atoms with van der Waals surface area (Å²) in [5, 5.41) is 6.84. The fourth-order valence-corrected chi connectivity index (χ4v) is 2.81. The van der Waals surface area contributed by atoms with Crippen molar-refractivity contribution in [3.8, 4) is 5.75 Å². The highest BCUT2D eigenvalue weighted by atomic mass is 16.5.